The maximum Gasteiger partial charge on any atom is 0.283 e. The number of hydrogen-bond acceptors (Lipinski definition) is 5. The van der Waals surface area contributed by atoms with Gasteiger partial charge < -0.3 is 4.55 Å². The van der Waals surface area contributed by atoms with Crippen molar-refractivity contribution in [1.82, 2.24) is 0 Å². The number of benzene rings is 1. The van der Waals surface area contributed by atoms with E-state index in [0.717, 1.165) is 5.56 Å². The second kappa shape index (κ2) is 5.35. The maximum atomic E-state index is 11.2. The lowest BCUT2D eigenvalue weighted by atomic mass is 10.1. The van der Waals surface area contributed by atoms with Crippen molar-refractivity contribution in [1.29, 1.82) is 0 Å². The Kier molecular flexibility index (Phi) is 4.36. The average molecular weight is 261 g/mol. The third-order valence-corrected chi connectivity index (χ3v) is 3.65. The zero-order valence-corrected chi connectivity index (χ0v) is 9.79. The zero-order chi connectivity index (χ0) is 12.2. The minimum atomic E-state index is -4.11. The van der Waals surface area contributed by atoms with Crippen molar-refractivity contribution in [3.05, 3.63) is 42.0 Å². The molecule has 0 aliphatic carbocycles. The molecule has 1 unspecified atom stereocenters. The molecule has 1 aromatic rings. The van der Waals surface area contributed by atoms with E-state index in [1.54, 1.807) is 30.3 Å². The minimum Gasteiger partial charge on any atom is -0.749 e. The van der Waals surface area contributed by atoms with Crippen LogP contribution in [0, 0.1) is 0 Å². The van der Waals surface area contributed by atoms with Crippen molar-refractivity contribution >= 4 is 27.6 Å². The van der Waals surface area contributed by atoms with Crippen LogP contribution in [0.4, 0.5) is 0 Å². The molecule has 0 amide bonds. The second-order valence-electron chi connectivity index (χ2n) is 2.92. The van der Waals surface area contributed by atoms with Gasteiger partial charge in [-0.2, -0.15) is 12.0 Å². The Hall–Kier alpha value is -1.02. The molecule has 1 aromatic carbocycles. The Labute approximate surface area is 96.4 Å². The molecule has 1 rings (SSSR count). The molecular weight excluding hydrogens is 252 g/mol. The van der Waals surface area contributed by atoms with E-state index in [1.807, 2.05) is 0 Å². The molecule has 7 heteroatoms. The van der Waals surface area contributed by atoms with Crippen molar-refractivity contribution in [3.63, 3.8) is 0 Å². The van der Waals surface area contributed by atoms with Crippen LogP contribution in [0.2, 0.25) is 0 Å². The molecule has 0 saturated heterocycles. The Morgan fingerprint density at radius 1 is 1.50 bits per heavy atom. The first-order valence-electron chi connectivity index (χ1n) is 4.16. The predicted octanol–water partition coefficient (Wildman–Crippen LogP) is 0.970. The van der Waals surface area contributed by atoms with Gasteiger partial charge in [-0.3, -0.25) is 0 Å². The van der Waals surface area contributed by atoms with Gasteiger partial charge in [0.05, 0.1) is 0 Å². The Balaban J connectivity index is 2.87. The van der Waals surface area contributed by atoms with Crippen LogP contribution in [-0.4, -0.2) is 17.2 Å². The highest BCUT2D eigenvalue weighted by Gasteiger charge is 2.13. The summed E-state index contributed by atoms with van der Waals surface area (Å²) in [5.41, 5.74) is 1.18. The van der Waals surface area contributed by atoms with E-state index in [9.17, 15) is 17.2 Å². The summed E-state index contributed by atoms with van der Waals surface area (Å²) >= 11 is -3.07. The fourth-order valence-electron chi connectivity index (χ4n) is 1.12. The van der Waals surface area contributed by atoms with Crippen molar-refractivity contribution in [2.24, 2.45) is 0 Å². The minimum absolute atomic E-state index is 0.433. The van der Waals surface area contributed by atoms with Crippen molar-refractivity contribution in [3.8, 4) is 0 Å². The van der Waals surface area contributed by atoms with Crippen molar-refractivity contribution < 1.29 is 20.8 Å². The second-order valence-corrected chi connectivity index (χ2v) is 5.28. The molecule has 0 aromatic heterocycles. The van der Waals surface area contributed by atoms with E-state index >= 15 is 0 Å². The quantitative estimate of drug-likeness (QED) is 0.737. The fraction of sp³-hybridized carbons (Fsp3) is 0.111. The van der Waals surface area contributed by atoms with Crippen LogP contribution < -0.4 is 0 Å². The zero-order valence-electron chi connectivity index (χ0n) is 8.16. The van der Waals surface area contributed by atoms with E-state index in [0.29, 0.717) is 5.56 Å². The molecule has 5 nitrogen and oxygen atoms in total. The standard InChI is InChI=1S/C9H10O5S2/c1-2-8-4-3-5-9(6-8)7-16(12,13)14-15(10)11/h2-6H,1,7H2,(H,10,11)/p-1. The number of hydrogen-bond donors (Lipinski definition) is 0. The lowest BCUT2D eigenvalue weighted by Gasteiger charge is -2.06. The van der Waals surface area contributed by atoms with E-state index < -0.39 is 27.2 Å². The van der Waals surface area contributed by atoms with Crippen LogP contribution in [0.5, 0.6) is 0 Å². The Morgan fingerprint density at radius 2 is 2.19 bits per heavy atom. The van der Waals surface area contributed by atoms with Gasteiger partial charge >= 0.3 is 0 Å². The highest BCUT2D eigenvalue weighted by molar-refractivity contribution is 7.94. The third kappa shape index (κ3) is 4.23. The molecule has 0 saturated carbocycles. The van der Waals surface area contributed by atoms with Gasteiger partial charge in [0.2, 0.25) is 0 Å². The molecule has 88 valence electrons. The summed E-state index contributed by atoms with van der Waals surface area (Å²) in [6.45, 7) is 3.54. The van der Waals surface area contributed by atoms with Crippen LogP contribution in [0.1, 0.15) is 11.1 Å². The molecule has 0 aliphatic rings. The molecule has 0 fully saturated rings. The SMILES string of the molecule is C=Cc1cccc(CS(=O)(=O)OS(=O)[O-])c1. The van der Waals surface area contributed by atoms with Gasteiger partial charge in [0.25, 0.3) is 10.1 Å². The van der Waals surface area contributed by atoms with Crippen LogP contribution in [0.15, 0.2) is 30.8 Å². The summed E-state index contributed by atoms with van der Waals surface area (Å²) in [6.07, 6.45) is 1.56. The van der Waals surface area contributed by atoms with E-state index in [-0.39, 0.29) is 0 Å². The lowest BCUT2D eigenvalue weighted by Crippen LogP contribution is -2.10. The highest BCUT2D eigenvalue weighted by Crippen LogP contribution is 2.11. The normalized spacial score (nSPS) is 13.3. The van der Waals surface area contributed by atoms with Gasteiger partial charge in [-0.25, -0.2) is 4.21 Å². The van der Waals surface area contributed by atoms with Crippen LogP contribution in [0.3, 0.4) is 0 Å². The van der Waals surface area contributed by atoms with Crippen LogP contribution in [-0.2, 0) is 30.9 Å². The topological polar surface area (TPSA) is 83.5 Å². The predicted molar refractivity (Wildman–Crippen MR) is 59.2 cm³/mol. The fourth-order valence-corrected chi connectivity index (χ4v) is 2.58. The molecule has 0 radical (unpaired) electrons. The molecule has 16 heavy (non-hydrogen) atoms. The molecule has 0 bridgehead atoms. The first-order valence-corrected chi connectivity index (χ1v) is 6.74. The van der Waals surface area contributed by atoms with Gasteiger partial charge in [0.15, 0.2) is 0 Å². The van der Waals surface area contributed by atoms with Gasteiger partial charge in [0, 0.05) is 0 Å². The first kappa shape index (κ1) is 13.0. The van der Waals surface area contributed by atoms with Gasteiger partial charge in [-0.1, -0.05) is 36.9 Å². The molecular formula is C9H9O5S2-. The first-order chi connectivity index (χ1) is 7.43. The van der Waals surface area contributed by atoms with E-state index in [1.165, 1.54) is 0 Å². The van der Waals surface area contributed by atoms with Crippen LogP contribution in [0.25, 0.3) is 6.08 Å². The summed E-state index contributed by atoms with van der Waals surface area (Å²) in [7, 11) is -4.11. The van der Waals surface area contributed by atoms with Crippen LogP contribution >= 0.6 is 0 Å². The number of rotatable bonds is 5. The average Bonchev–Trinajstić information content (AvgIpc) is 2.15. The molecule has 1 atom stereocenters. The summed E-state index contributed by atoms with van der Waals surface area (Å²) in [4.78, 5) is 0. The summed E-state index contributed by atoms with van der Waals surface area (Å²) < 4.78 is 46.3. The molecule has 0 heterocycles. The molecule has 0 N–H and O–H groups in total. The van der Waals surface area contributed by atoms with Gasteiger partial charge in [-0.15, -0.1) is 0 Å². The smallest absolute Gasteiger partial charge is 0.283 e. The van der Waals surface area contributed by atoms with E-state index in [4.69, 9.17) is 0 Å². The molecule has 0 spiro atoms. The largest absolute Gasteiger partial charge is 0.749 e. The maximum absolute atomic E-state index is 11.2. The highest BCUT2D eigenvalue weighted by atomic mass is 32.3. The van der Waals surface area contributed by atoms with Gasteiger partial charge in [-0.05, 0) is 11.1 Å². The van der Waals surface area contributed by atoms with Crippen molar-refractivity contribution in [2.75, 3.05) is 0 Å². The van der Waals surface area contributed by atoms with Gasteiger partial charge in [0.1, 0.15) is 17.1 Å². The lowest BCUT2D eigenvalue weighted by molar-refractivity contribution is 0.429. The Bertz CT molecular complexity index is 506. The summed E-state index contributed by atoms with van der Waals surface area (Å²) in [5.74, 6) is -0.497. The summed E-state index contributed by atoms with van der Waals surface area (Å²) in [6, 6.07) is 6.54. The third-order valence-electron chi connectivity index (χ3n) is 1.69. The molecule has 0 aliphatic heterocycles. The monoisotopic (exact) mass is 261 g/mol. The van der Waals surface area contributed by atoms with Crippen molar-refractivity contribution in [2.45, 2.75) is 5.75 Å². The summed E-state index contributed by atoms with van der Waals surface area (Å²) in [5, 5.41) is 0. The van der Waals surface area contributed by atoms with E-state index in [2.05, 4.69) is 10.2 Å². The Morgan fingerprint density at radius 3 is 2.75 bits per heavy atom.